The minimum atomic E-state index is -4.33. The van der Waals surface area contributed by atoms with Crippen LogP contribution in [0.1, 0.15) is 31.9 Å². The number of benzene rings is 1. The van der Waals surface area contributed by atoms with Gasteiger partial charge >= 0.3 is 6.18 Å². The number of hydrogen-bond donors (Lipinski definition) is 1. The fourth-order valence-corrected chi connectivity index (χ4v) is 2.03. The third kappa shape index (κ3) is 3.09. The first-order valence-electron chi connectivity index (χ1n) is 6.19. The second kappa shape index (κ2) is 4.49. The number of alkyl halides is 3. The number of ether oxygens (including phenoxy) is 1. The third-order valence-corrected chi connectivity index (χ3v) is 3.40. The zero-order valence-corrected chi connectivity index (χ0v) is 11.3. The smallest absolute Gasteiger partial charge is 0.356 e. The number of halogens is 3. The highest BCUT2D eigenvalue weighted by molar-refractivity contribution is 5.29. The lowest BCUT2D eigenvalue weighted by Crippen LogP contribution is -2.53. The summed E-state index contributed by atoms with van der Waals surface area (Å²) in [6.07, 6.45) is -4.33. The standard InChI is InChI=1S/C14H18F3NO/c1-12(2)8-18-13(3,19-9-12)10-5-4-6-11(7-10)14(15,16)17/h4-7,18H,8-9H2,1-3H3. The Morgan fingerprint density at radius 3 is 2.42 bits per heavy atom. The molecule has 1 aromatic carbocycles. The molecule has 1 N–H and O–H groups in total. The summed E-state index contributed by atoms with van der Waals surface area (Å²) in [6, 6.07) is 5.28. The molecule has 1 saturated heterocycles. The molecule has 0 spiro atoms. The van der Waals surface area contributed by atoms with Gasteiger partial charge in [-0.2, -0.15) is 13.2 Å². The molecule has 5 heteroatoms. The van der Waals surface area contributed by atoms with Crippen molar-refractivity contribution < 1.29 is 17.9 Å². The highest BCUT2D eigenvalue weighted by atomic mass is 19.4. The van der Waals surface area contributed by atoms with E-state index in [0.717, 1.165) is 12.1 Å². The summed E-state index contributed by atoms with van der Waals surface area (Å²) in [5.74, 6) is 0. The van der Waals surface area contributed by atoms with Gasteiger partial charge in [0.15, 0.2) is 0 Å². The molecule has 1 unspecified atom stereocenters. The van der Waals surface area contributed by atoms with E-state index in [-0.39, 0.29) is 5.41 Å². The average Bonchev–Trinajstić information content (AvgIpc) is 2.33. The van der Waals surface area contributed by atoms with Crippen LogP contribution in [0, 0.1) is 5.41 Å². The van der Waals surface area contributed by atoms with Gasteiger partial charge in [-0.05, 0) is 24.6 Å². The Labute approximate surface area is 111 Å². The van der Waals surface area contributed by atoms with Gasteiger partial charge in [-0.25, -0.2) is 0 Å². The maximum absolute atomic E-state index is 12.7. The summed E-state index contributed by atoms with van der Waals surface area (Å²) in [7, 11) is 0. The van der Waals surface area contributed by atoms with Crippen molar-refractivity contribution in [3.8, 4) is 0 Å². The van der Waals surface area contributed by atoms with Crippen molar-refractivity contribution in [2.24, 2.45) is 5.41 Å². The summed E-state index contributed by atoms with van der Waals surface area (Å²) >= 11 is 0. The maximum Gasteiger partial charge on any atom is 0.416 e. The van der Waals surface area contributed by atoms with Crippen molar-refractivity contribution in [2.45, 2.75) is 32.7 Å². The van der Waals surface area contributed by atoms with E-state index in [2.05, 4.69) is 5.32 Å². The molecule has 1 aliphatic rings. The van der Waals surface area contributed by atoms with E-state index in [1.807, 2.05) is 13.8 Å². The molecule has 0 radical (unpaired) electrons. The molecular weight excluding hydrogens is 255 g/mol. The Balaban J connectivity index is 2.27. The molecule has 0 bridgehead atoms. The molecule has 106 valence electrons. The van der Waals surface area contributed by atoms with E-state index in [1.165, 1.54) is 6.07 Å². The van der Waals surface area contributed by atoms with Crippen molar-refractivity contribution in [3.05, 3.63) is 35.4 Å². The summed E-state index contributed by atoms with van der Waals surface area (Å²) in [6.45, 7) is 7.06. The molecule has 0 saturated carbocycles. The van der Waals surface area contributed by atoms with E-state index in [9.17, 15) is 13.2 Å². The molecule has 0 amide bonds. The maximum atomic E-state index is 12.7. The number of nitrogens with one attached hydrogen (secondary N) is 1. The van der Waals surface area contributed by atoms with Gasteiger partial charge in [-0.1, -0.05) is 26.0 Å². The van der Waals surface area contributed by atoms with Crippen LogP contribution in [-0.4, -0.2) is 13.2 Å². The Bertz CT molecular complexity index is 458. The van der Waals surface area contributed by atoms with Crippen LogP contribution < -0.4 is 5.32 Å². The molecule has 1 fully saturated rings. The van der Waals surface area contributed by atoms with Gasteiger partial charge in [0.25, 0.3) is 0 Å². The monoisotopic (exact) mass is 273 g/mol. The quantitative estimate of drug-likeness (QED) is 0.845. The first-order valence-corrected chi connectivity index (χ1v) is 6.19. The Kier molecular flexibility index (Phi) is 3.39. The van der Waals surface area contributed by atoms with Gasteiger partial charge in [0, 0.05) is 12.0 Å². The van der Waals surface area contributed by atoms with Crippen molar-refractivity contribution >= 4 is 0 Å². The molecule has 1 aliphatic heterocycles. The van der Waals surface area contributed by atoms with Crippen LogP contribution in [-0.2, 0) is 16.6 Å². The second-order valence-electron chi connectivity index (χ2n) is 5.92. The third-order valence-electron chi connectivity index (χ3n) is 3.40. The van der Waals surface area contributed by atoms with E-state index in [0.29, 0.717) is 18.7 Å². The van der Waals surface area contributed by atoms with Gasteiger partial charge in [-0.15, -0.1) is 0 Å². The Morgan fingerprint density at radius 2 is 1.89 bits per heavy atom. The van der Waals surface area contributed by atoms with E-state index >= 15 is 0 Å². The van der Waals surface area contributed by atoms with Gasteiger partial charge < -0.3 is 4.74 Å². The van der Waals surface area contributed by atoms with Crippen LogP contribution in [0.4, 0.5) is 13.2 Å². The summed E-state index contributed by atoms with van der Waals surface area (Å²) in [5, 5.41) is 3.19. The fraction of sp³-hybridized carbons (Fsp3) is 0.571. The minimum absolute atomic E-state index is 0.0128. The molecule has 2 nitrogen and oxygen atoms in total. The summed E-state index contributed by atoms with van der Waals surface area (Å²) < 4.78 is 43.9. The van der Waals surface area contributed by atoms with E-state index in [4.69, 9.17) is 4.74 Å². The molecule has 19 heavy (non-hydrogen) atoms. The molecule has 0 aliphatic carbocycles. The van der Waals surface area contributed by atoms with Crippen LogP contribution in [0.25, 0.3) is 0 Å². The van der Waals surface area contributed by atoms with Crippen LogP contribution in [0.3, 0.4) is 0 Å². The van der Waals surface area contributed by atoms with Crippen LogP contribution >= 0.6 is 0 Å². The Morgan fingerprint density at radius 1 is 1.21 bits per heavy atom. The average molecular weight is 273 g/mol. The lowest BCUT2D eigenvalue weighted by atomic mass is 9.90. The first-order chi connectivity index (χ1) is 8.62. The van der Waals surface area contributed by atoms with Crippen LogP contribution in [0.5, 0.6) is 0 Å². The first kappa shape index (κ1) is 14.3. The molecule has 1 heterocycles. The highest BCUT2D eigenvalue weighted by Crippen LogP contribution is 2.35. The van der Waals surface area contributed by atoms with E-state index < -0.39 is 17.5 Å². The molecule has 0 aromatic heterocycles. The lowest BCUT2D eigenvalue weighted by molar-refractivity contribution is -0.140. The van der Waals surface area contributed by atoms with E-state index in [1.54, 1.807) is 13.0 Å². The number of hydrogen-bond acceptors (Lipinski definition) is 2. The van der Waals surface area contributed by atoms with Crippen molar-refractivity contribution in [3.63, 3.8) is 0 Å². The van der Waals surface area contributed by atoms with Gasteiger partial charge in [0.2, 0.25) is 0 Å². The van der Waals surface area contributed by atoms with Gasteiger partial charge in [-0.3, -0.25) is 5.32 Å². The number of rotatable bonds is 1. The summed E-state index contributed by atoms with van der Waals surface area (Å²) in [4.78, 5) is 0. The zero-order chi connectivity index (χ0) is 14.3. The Hall–Kier alpha value is -1.07. The zero-order valence-electron chi connectivity index (χ0n) is 11.3. The lowest BCUT2D eigenvalue weighted by Gasteiger charge is -2.43. The van der Waals surface area contributed by atoms with Crippen molar-refractivity contribution in [1.82, 2.24) is 5.32 Å². The van der Waals surface area contributed by atoms with Crippen LogP contribution in [0.15, 0.2) is 24.3 Å². The molecule has 1 atom stereocenters. The predicted molar refractivity (Wildman–Crippen MR) is 66.5 cm³/mol. The highest BCUT2D eigenvalue weighted by Gasteiger charge is 2.38. The fourth-order valence-electron chi connectivity index (χ4n) is 2.03. The summed E-state index contributed by atoms with van der Waals surface area (Å²) in [5.41, 5.74) is -1.03. The minimum Gasteiger partial charge on any atom is -0.356 e. The molecular formula is C14H18F3NO. The largest absolute Gasteiger partial charge is 0.416 e. The normalized spacial score (nSPS) is 27.3. The van der Waals surface area contributed by atoms with Gasteiger partial charge in [0.1, 0.15) is 5.72 Å². The molecule has 2 rings (SSSR count). The topological polar surface area (TPSA) is 21.3 Å². The second-order valence-corrected chi connectivity index (χ2v) is 5.92. The molecule has 1 aromatic rings. The van der Waals surface area contributed by atoms with Crippen molar-refractivity contribution in [2.75, 3.05) is 13.2 Å². The predicted octanol–water partition coefficient (Wildman–Crippen LogP) is 3.52. The van der Waals surface area contributed by atoms with Gasteiger partial charge in [0.05, 0.1) is 12.2 Å². The van der Waals surface area contributed by atoms with Crippen LogP contribution in [0.2, 0.25) is 0 Å². The van der Waals surface area contributed by atoms with Crippen molar-refractivity contribution in [1.29, 1.82) is 0 Å². The SMILES string of the molecule is CC1(C)CNC(C)(c2cccc(C(F)(F)F)c2)OC1.